The van der Waals surface area contributed by atoms with Crippen LogP contribution in [0.3, 0.4) is 0 Å². The van der Waals surface area contributed by atoms with Crippen molar-refractivity contribution < 1.29 is 9.90 Å². The monoisotopic (exact) mass is 465 g/mol. The molecule has 2 N–H and O–H groups in total. The summed E-state index contributed by atoms with van der Waals surface area (Å²) < 4.78 is 0. The van der Waals surface area contributed by atoms with Gasteiger partial charge in [-0.3, -0.25) is 14.8 Å². The van der Waals surface area contributed by atoms with Gasteiger partial charge in [-0.1, -0.05) is 42.5 Å². The molecule has 34 heavy (non-hydrogen) atoms. The number of hydrogen-bond donors (Lipinski definition) is 2. The molecule has 0 atom stereocenters. The highest BCUT2D eigenvalue weighted by Gasteiger charge is 2.14. The molecule has 3 aromatic heterocycles. The number of hydrogen-bond acceptors (Lipinski definition) is 5. The number of aliphatic hydroxyl groups is 1. The SMILES string of the molecule is Cc1cc(CO)c2cccc(Cc3ccccc3NC(=O)c3ccc(-c4ccccn4)s3)c2n1. The van der Waals surface area contributed by atoms with Crippen molar-refractivity contribution in [2.45, 2.75) is 20.0 Å². The Morgan fingerprint density at radius 1 is 0.941 bits per heavy atom. The molecule has 0 fully saturated rings. The summed E-state index contributed by atoms with van der Waals surface area (Å²) in [4.78, 5) is 23.7. The highest BCUT2D eigenvalue weighted by molar-refractivity contribution is 7.17. The molecule has 2 aromatic carbocycles. The maximum Gasteiger partial charge on any atom is 0.265 e. The molecule has 0 bridgehead atoms. The molecule has 0 aliphatic heterocycles. The van der Waals surface area contributed by atoms with Gasteiger partial charge in [0.05, 0.1) is 27.6 Å². The van der Waals surface area contributed by atoms with Crippen LogP contribution < -0.4 is 5.32 Å². The summed E-state index contributed by atoms with van der Waals surface area (Å²) in [5.41, 5.74) is 6.29. The van der Waals surface area contributed by atoms with Crippen LogP contribution >= 0.6 is 11.3 Å². The topological polar surface area (TPSA) is 75.1 Å². The van der Waals surface area contributed by atoms with Gasteiger partial charge < -0.3 is 10.4 Å². The van der Waals surface area contributed by atoms with E-state index in [0.29, 0.717) is 11.3 Å². The predicted molar refractivity (Wildman–Crippen MR) is 137 cm³/mol. The number of aryl methyl sites for hydroxylation is 1. The fourth-order valence-electron chi connectivity index (χ4n) is 4.09. The number of fused-ring (bicyclic) bond motifs is 1. The first kappa shape index (κ1) is 21.9. The van der Waals surface area contributed by atoms with Crippen molar-refractivity contribution in [3.05, 3.63) is 112 Å². The first-order valence-electron chi connectivity index (χ1n) is 11.0. The van der Waals surface area contributed by atoms with E-state index in [9.17, 15) is 9.90 Å². The third-order valence-corrected chi connectivity index (χ3v) is 6.81. The van der Waals surface area contributed by atoms with E-state index < -0.39 is 0 Å². The Hall–Kier alpha value is -3.87. The van der Waals surface area contributed by atoms with E-state index in [2.05, 4.69) is 10.3 Å². The summed E-state index contributed by atoms with van der Waals surface area (Å²) in [7, 11) is 0. The van der Waals surface area contributed by atoms with Crippen molar-refractivity contribution in [1.29, 1.82) is 0 Å². The number of rotatable bonds is 6. The highest BCUT2D eigenvalue weighted by Crippen LogP contribution is 2.29. The van der Waals surface area contributed by atoms with Crippen molar-refractivity contribution in [2.24, 2.45) is 0 Å². The van der Waals surface area contributed by atoms with Crippen LogP contribution in [0, 0.1) is 6.92 Å². The average Bonchev–Trinajstić information content (AvgIpc) is 3.36. The number of nitrogens with zero attached hydrogens (tertiary/aromatic N) is 2. The minimum Gasteiger partial charge on any atom is -0.392 e. The molecule has 0 aliphatic carbocycles. The number of aliphatic hydroxyl groups excluding tert-OH is 1. The molecule has 5 aromatic rings. The maximum atomic E-state index is 13.0. The molecule has 0 spiro atoms. The Bertz CT molecular complexity index is 1480. The van der Waals surface area contributed by atoms with Gasteiger partial charge >= 0.3 is 0 Å². The molecule has 5 nitrogen and oxygen atoms in total. The normalized spacial score (nSPS) is 11.0. The number of amides is 1. The fraction of sp³-hybridized carbons (Fsp3) is 0.107. The Labute approximate surface area is 201 Å². The zero-order chi connectivity index (χ0) is 23.5. The van der Waals surface area contributed by atoms with Crippen LogP contribution in [0.15, 0.2) is 85.1 Å². The van der Waals surface area contributed by atoms with Crippen molar-refractivity contribution in [3.8, 4) is 10.6 Å². The van der Waals surface area contributed by atoms with E-state index in [0.717, 1.165) is 49.5 Å². The molecule has 0 unspecified atom stereocenters. The Kier molecular flexibility index (Phi) is 6.16. The summed E-state index contributed by atoms with van der Waals surface area (Å²) in [5.74, 6) is -0.144. The Morgan fingerprint density at radius 2 is 1.76 bits per heavy atom. The van der Waals surface area contributed by atoms with Crippen LogP contribution in [-0.4, -0.2) is 21.0 Å². The number of thiophene rings is 1. The first-order valence-corrected chi connectivity index (χ1v) is 11.8. The van der Waals surface area contributed by atoms with Crippen LogP contribution in [0.2, 0.25) is 0 Å². The smallest absolute Gasteiger partial charge is 0.265 e. The zero-order valence-electron chi connectivity index (χ0n) is 18.7. The zero-order valence-corrected chi connectivity index (χ0v) is 19.5. The average molecular weight is 466 g/mol. The van der Waals surface area contributed by atoms with Gasteiger partial charge in [-0.15, -0.1) is 11.3 Å². The highest BCUT2D eigenvalue weighted by atomic mass is 32.1. The van der Waals surface area contributed by atoms with E-state index in [1.54, 1.807) is 6.20 Å². The second-order valence-electron chi connectivity index (χ2n) is 8.06. The predicted octanol–water partition coefficient (Wildman–Crippen LogP) is 6.00. The Balaban J connectivity index is 1.43. The minimum atomic E-state index is -0.144. The molecular weight excluding hydrogens is 442 g/mol. The molecule has 3 heterocycles. The van der Waals surface area contributed by atoms with E-state index >= 15 is 0 Å². The van der Waals surface area contributed by atoms with Gasteiger partial charge in [0.25, 0.3) is 5.91 Å². The summed E-state index contributed by atoms with van der Waals surface area (Å²) in [6, 6.07) is 25.3. The second-order valence-corrected chi connectivity index (χ2v) is 9.14. The number of para-hydroxylation sites is 2. The molecule has 0 radical (unpaired) electrons. The summed E-state index contributed by atoms with van der Waals surface area (Å²) in [6.45, 7) is 1.90. The number of aromatic nitrogens is 2. The lowest BCUT2D eigenvalue weighted by atomic mass is 9.98. The lowest BCUT2D eigenvalue weighted by Gasteiger charge is -2.13. The standard InChI is InChI=1S/C28H23N3O2S/c1-18-15-21(17-32)22-9-6-8-20(27(22)30-18)16-19-7-2-3-10-23(19)31-28(33)26-13-12-25(34-26)24-11-4-5-14-29-24/h2-15,32H,16-17H2,1H3,(H,31,33). The molecule has 0 saturated carbocycles. The van der Waals surface area contributed by atoms with Gasteiger partial charge in [-0.2, -0.15) is 0 Å². The lowest BCUT2D eigenvalue weighted by Crippen LogP contribution is -2.12. The molecule has 1 amide bonds. The molecule has 168 valence electrons. The first-order chi connectivity index (χ1) is 16.6. The lowest BCUT2D eigenvalue weighted by molar-refractivity contribution is 0.103. The van der Waals surface area contributed by atoms with Crippen LogP contribution in [-0.2, 0) is 13.0 Å². The third-order valence-electron chi connectivity index (χ3n) is 5.70. The van der Waals surface area contributed by atoms with Crippen LogP contribution in [0.1, 0.15) is 32.1 Å². The summed E-state index contributed by atoms with van der Waals surface area (Å²) in [5, 5.41) is 13.8. The van der Waals surface area contributed by atoms with Crippen molar-refractivity contribution in [1.82, 2.24) is 9.97 Å². The van der Waals surface area contributed by atoms with Gasteiger partial charge in [-0.05, 0) is 60.0 Å². The summed E-state index contributed by atoms with van der Waals surface area (Å²) in [6.07, 6.45) is 2.36. The number of anilines is 1. The number of pyridine rings is 2. The number of nitrogens with one attached hydrogen (secondary N) is 1. The molecule has 5 rings (SSSR count). The number of carbonyl (C=O) groups is 1. The largest absolute Gasteiger partial charge is 0.392 e. The van der Waals surface area contributed by atoms with Gasteiger partial charge in [0.1, 0.15) is 0 Å². The van der Waals surface area contributed by atoms with Crippen molar-refractivity contribution in [3.63, 3.8) is 0 Å². The van der Waals surface area contributed by atoms with Gasteiger partial charge in [0, 0.05) is 29.4 Å². The van der Waals surface area contributed by atoms with Crippen LogP contribution in [0.5, 0.6) is 0 Å². The third kappa shape index (κ3) is 4.46. The van der Waals surface area contributed by atoms with Gasteiger partial charge in [-0.25, -0.2) is 0 Å². The molecule has 6 heteroatoms. The number of carbonyl (C=O) groups excluding carboxylic acids is 1. The fourth-order valence-corrected chi connectivity index (χ4v) is 4.96. The molecule has 0 saturated heterocycles. The van der Waals surface area contributed by atoms with Crippen LogP contribution in [0.25, 0.3) is 21.5 Å². The summed E-state index contributed by atoms with van der Waals surface area (Å²) >= 11 is 1.42. The van der Waals surface area contributed by atoms with E-state index in [-0.39, 0.29) is 12.5 Å². The van der Waals surface area contributed by atoms with Crippen molar-refractivity contribution >= 4 is 33.8 Å². The van der Waals surface area contributed by atoms with Crippen molar-refractivity contribution in [2.75, 3.05) is 5.32 Å². The van der Waals surface area contributed by atoms with Crippen LogP contribution in [0.4, 0.5) is 5.69 Å². The second kappa shape index (κ2) is 9.55. The van der Waals surface area contributed by atoms with E-state index in [1.165, 1.54) is 11.3 Å². The molecular formula is C28H23N3O2S. The molecule has 0 aliphatic rings. The van der Waals surface area contributed by atoms with E-state index in [4.69, 9.17) is 4.98 Å². The quantitative estimate of drug-likeness (QED) is 0.322. The van der Waals surface area contributed by atoms with Gasteiger partial charge in [0.15, 0.2) is 0 Å². The Morgan fingerprint density at radius 3 is 2.59 bits per heavy atom. The van der Waals surface area contributed by atoms with E-state index in [1.807, 2.05) is 85.8 Å². The van der Waals surface area contributed by atoms with Gasteiger partial charge in [0.2, 0.25) is 0 Å². The maximum absolute atomic E-state index is 13.0. The minimum absolute atomic E-state index is 0.0305. The number of benzene rings is 2.